The molecular formula is C23H24N2O4. The molecule has 0 saturated carbocycles. The number of hydrogen-bond acceptors (Lipinski definition) is 4. The number of carbonyl (C=O) groups excluding carboxylic acids is 1. The molecule has 2 N–H and O–H groups in total. The second kappa shape index (κ2) is 9.19. The minimum absolute atomic E-state index is 0.147. The molecule has 0 unspecified atom stereocenters. The summed E-state index contributed by atoms with van der Waals surface area (Å²) in [6, 6.07) is 14.7. The fourth-order valence-corrected chi connectivity index (χ4v) is 2.92. The third kappa shape index (κ3) is 5.54. The van der Waals surface area contributed by atoms with Crippen LogP contribution in [0.15, 0.2) is 59.1 Å². The number of carbonyl (C=O) groups is 2. The zero-order valence-corrected chi connectivity index (χ0v) is 16.5. The molecule has 0 saturated heterocycles. The maximum atomic E-state index is 12.1. The Kier molecular flexibility index (Phi) is 6.44. The van der Waals surface area contributed by atoms with E-state index in [2.05, 4.69) is 36.3 Å². The van der Waals surface area contributed by atoms with Crippen LogP contribution in [0, 0.1) is 0 Å². The normalized spacial score (nSPS) is 10.9. The summed E-state index contributed by atoms with van der Waals surface area (Å²) in [5.74, 6) is 0.528. The van der Waals surface area contributed by atoms with E-state index in [0.717, 1.165) is 11.1 Å². The lowest BCUT2D eigenvalue weighted by Crippen LogP contribution is -2.23. The Hall–Kier alpha value is -3.41. The standard InChI is InChI=1S/C23H24N2O4/c1-15(2)17-6-8-18(9-7-17)20-14-25-22(29-20)11-10-21(26)24-13-16-4-3-5-19(12-16)23(27)28/h3-9,12,14-15H,10-11,13H2,1-2H3,(H,24,26)(H,27,28). The highest BCUT2D eigenvalue weighted by Crippen LogP contribution is 2.23. The molecule has 1 aromatic heterocycles. The molecule has 0 aliphatic heterocycles. The van der Waals surface area contributed by atoms with Gasteiger partial charge in [-0.05, 0) is 29.2 Å². The number of aryl methyl sites for hydroxylation is 1. The Balaban J connectivity index is 1.51. The van der Waals surface area contributed by atoms with Gasteiger partial charge in [0.05, 0.1) is 11.8 Å². The first kappa shape index (κ1) is 20.3. The van der Waals surface area contributed by atoms with E-state index in [0.29, 0.717) is 24.0 Å². The number of nitrogens with zero attached hydrogens (tertiary/aromatic N) is 1. The van der Waals surface area contributed by atoms with Crippen LogP contribution < -0.4 is 5.32 Å². The summed E-state index contributed by atoms with van der Waals surface area (Å²) < 4.78 is 5.77. The van der Waals surface area contributed by atoms with Gasteiger partial charge in [0.15, 0.2) is 11.7 Å². The smallest absolute Gasteiger partial charge is 0.335 e. The topological polar surface area (TPSA) is 92.4 Å². The molecule has 0 fully saturated rings. The van der Waals surface area contributed by atoms with E-state index >= 15 is 0 Å². The highest BCUT2D eigenvalue weighted by atomic mass is 16.4. The largest absolute Gasteiger partial charge is 0.478 e. The molecule has 0 spiro atoms. The molecule has 0 radical (unpaired) electrons. The highest BCUT2D eigenvalue weighted by molar-refractivity contribution is 5.87. The number of carboxylic acid groups (broad SMARTS) is 1. The fourth-order valence-electron chi connectivity index (χ4n) is 2.92. The van der Waals surface area contributed by atoms with Crippen molar-refractivity contribution in [3.63, 3.8) is 0 Å². The number of rotatable bonds is 8. The number of hydrogen-bond donors (Lipinski definition) is 2. The first-order valence-electron chi connectivity index (χ1n) is 9.56. The van der Waals surface area contributed by atoms with Crippen LogP contribution in [0.4, 0.5) is 0 Å². The number of carboxylic acids is 1. The molecule has 3 rings (SSSR count). The Bertz CT molecular complexity index is 990. The third-order valence-corrected chi connectivity index (χ3v) is 4.64. The highest BCUT2D eigenvalue weighted by Gasteiger charge is 2.10. The summed E-state index contributed by atoms with van der Waals surface area (Å²) >= 11 is 0. The average molecular weight is 392 g/mol. The summed E-state index contributed by atoms with van der Waals surface area (Å²) in [6.07, 6.45) is 2.31. The van der Waals surface area contributed by atoms with Gasteiger partial charge in [0.2, 0.25) is 5.91 Å². The summed E-state index contributed by atoms with van der Waals surface area (Å²) in [4.78, 5) is 27.3. The van der Waals surface area contributed by atoms with Crippen LogP contribution in [0.5, 0.6) is 0 Å². The summed E-state index contributed by atoms with van der Waals surface area (Å²) in [6.45, 7) is 4.57. The molecule has 6 heteroatoms. The number of amides is 1. The molecule has 0 atom stereocenters. The van der Waals surface area contributed by atoms with Gasteiger partial charge in [-0.2, -0.15) is 0 Å². The van der Waals surface area contributed by atoms with E-state index in [4.69, 9.17) is 9.52 Å². The predicted octanol–water partition coefficient (Wildman–Crippen LogP) is 4.41. The Labute approximate surface area is 169 Å². The van der Waals surface area contributed by atoms with Gasteiger partial charge in [-0.1, -0.05) is 50.2 Å². The first-order valence-corrected chi connectivity index (χ1v) is 9.56. The second-order valence-corrected chi connectivity index (χ2v) is 7.18. The molecule has 0 aliphatic rings. The van der Waals surface area contributed by atoms with E-state index in [-0.39, 0.29) is 24.4 Å². The van der Waals surface area contributed by atoms with Crippen LogP contribution in [0.3, 0.4) is 0 Å². The predicted molar refractivity (Wildman–Crippen MR) is 110 cm³/mol. The number of benzene rings is 2. The van der Waals surface area contributed by atoms with Gasteiger partial charge in [-0.15, -0.1) is 0 Å². The Morgan fingerprint density at radius 1 is 1.14 bits per heavy atom. The van der Waals surface area contributed by atoms with Crippen LogP contribution in [-0.4, -0.2) is 22.0 Å². The molecule has 6 nitrogen and oxygen atoms in total. The average Bonchev–Trinajstić information content (AvgIpc) is 3.20. The monoisotopic (exact) mass is 392 g/mol. The van der Waals surface area contributed by atoms with Gasteiger partial charge in [0.25, 0.3) is 0 Å². The van der Waals surface area contributed by atoms with Crippen LogP contribution in [0.25, 0.3) is 11.3 Å². The number of oxazole rings is 1. The molecule has 0 aliphatic carbocycles. The lowest BCUT2D eigenvalue weighted by Gasteiger charge is -2.06. The maximum absolute atomic E-state index is 12.1. The van der Waals surface area contributed by atoms with Crippen molar-refractivity contribution in [2.24, 2.45) is 0 Å². The second-order valence-electron chi connectivity index (χ2n) is 7.18. The van der Waals surface area contributed by atoms with E-state index in [1.165, 1.54) is 11.6 Å². The van der Waals surface area contributed by atoms with Crippen LogP contribution in [-0.2, 0) is 17.8 Å². The number of aromatic carboxylic acids is 1. The van der Waals surface area contributed by atoms with Crippen molar-refractivity contribution in [1.82, 2.24) is 10.3 Å². The molecule has 29 heavy (non-hydrogen) atoms. The van der Waals surface area contributed by atoms with Crippen molar-refractivity contribution in [3.8, 4) is 11.3 Å². The summed E-state index contributed by atoms with van der Waals surface area (Å²) in [5.41, 5.74) is 3.15. The zero-order chi connectivity index (χ0) is 20.8. The maximum Gasteiger partial charge on any atom is 0.335 e. The van der Waals surface area contributed by atoms with Gasteiger partial charge >= 0.3 is 5.97 Å². The zero-order valence-electron chi connectivity index (χ0n) is 16.5. The number of aromatic nitrogens is 1. The van der Waals surface area contributed by atoms with Crippen molar-refractivity contribution in [2.45, 2.75) is 39.2 Å². The van der Waals surface area contributed by atoms with Crippen molar-refractivity contribution >= 4 is 11.9 Å². The number of nitrogens with one attached hydrogen (secondary N) is 1. The summed E-state index contributed by atoms with van der Waals surface area (Å²) in [5, 5.41) is 11.8. The molecule has 150 valence electrons. The molecule has 0 bridgehead atoms. The van der Waals surface area contributed by atoms with E-state index in [9.17, 15) is 9.59 Å². The van der Waals surface area contributed by atoms with Gasteiger partial charge < -0.3 is 14.8 Å². The van der Waals surface area contributed by atoms with Crippen LogP contribution >= 0.6 is 0 Å². The van der Waals surface area contributed by atoms with Crippen molar-refractivity contribution in [3.05, 3.63) is 77.3 Å². The van der Waals surface area contributed by atoms with Crippen molar-refractivity contribution < 1.29 is 19.1 Å². The minimum Gasteiger partial charge on any atom is -0.478 e. The lowest BCUT2D eigenvalue weighted by atomic mass is 10.0. The quantitative estimate of drug-likeness (QED) is 0.592. The lowest BCUT2D eigenvalue weighted by molar-refractivity contribution is -0.121. The van der Waals surface area contributed by atoms with Gasteiger partial charge in [0.1, 0.15) is 0 Å². The van der Waals surface area contributed by atoms with Crippen molar-refractivity contribution in [2.75, 3.05) is 0 Å². The molecular weight excluding hydrogens is 368 g/mol. The van der Waals surface area contributed by atoms with Gasteiger partial charge in [-0.3, -0.25) is 4.79 Å². The van der Waals surface area contributed by atoms with E-state index in [1.54, 1.807) is 24.4 Å². The molecule has 1 amide bonds. The van der Waals surface area contributed by atoms with Crippen molar-refractivity contribution in [1.29, 1.82) is 0 Å². The SMILES string of the molecule is CC(C)c1ccc(-c2cnc(CCC(=O)NCc3cccc(C(=O)O)c3)o2)cc1. The van der Waals surface area contributed by atoms with Gasteiger partial charge in [-0.25, -0.2) is 9.78 Å². The van der Waals surface area contributed by atoms with E-state index in [1.807, 2.05) is 12.1 Å². The van der Waals surface area contributed by atoms with Crippen LogP contribution in [0.1, 0.15) is 53.6 Å². The molecule has 3 aromatic rings. The van der Waals surface area contributed by atoms with Crippen LogP contribution in [0.2, 0.25) is 0 Å². The Morgan fingerprint density at radius 3 is 2.59 bits per heavy atom. The summed E-state index contributed by atoms with van der Waals surface area (Å²) in [7, 11) is 0. The minimum atomic E-state index is -0.989. The molecule has 2 aromatic carbocycles. The van der Waals surface area contributed by atoms with E-state index < -0.39 is 5.97 Å². The van der Waals surface area contributed by atoms with Gasteiger partial charge in [0, 0.05) is 24.9 Å². The first-order chi connectivity index (χ1) is 13.9. The Morgan fingerprint density at radius 2 is 1.90 bits per heavy atom. The fraction of sp³-hybridized carbons (Fsp3) is 0.261. The third-order valence-electron chi connectivity index (χ3n) is 4.64. The molecule has 1 heterocycles.